The molecule has 0 spiro atoms. The Balaban J connectivity index is 1.35. The van der Waals surface area contributed by atoms with E-state index in [9.17, 15) is 15.3 Å². The third-order valence-corrected chi connectivity index (χ3v) is 13.1. The summed E-state index contributed by atoms with van der Waals surface area (Å²) in [6, 6.07) is 0.254. The van der Waals surface area contributed by atoms with Crippen molar-refractivity contribution in [1.82, 2.24) is 25.1 Å². The second kappa shape index (κ2) is 19.0. The summed E-state index contributed by atoms with van der Waals surface area (Å²) < 4.78 is 0. The molecule has 6 N–H and O–H groups in total. The number of nitrogens with zero attached hydrogens (tertiary/aromatic N) is 5. The summed E-state index contributed by atoms with van der Waals surface area (Å²) in [7, 11) is 0. The molecule has 2 saturated carbocycles. The van der Waals surface area contributed by atoms with Crippen LogP contribution in [0.4, 0.5) is 17.8 Å². The van der Waals surface area contributed by atoms with Crippen LogP contribution in [0.1, 0.15) is 172 Å². The van der Waals surface area contributed by atoms with Crippen molar-refractivity contribution < 1.29 is 25.0 Å². The number of aliphatic hydroxyl groups excluding tert-OH is 3. The molecule has 1 aromatic heterocycles. The van der Waals surface area contributed by atoms with Crippen LogP contribution in [-0.2, 0) is 9.68 Å². The van der Waals surface area contributed by atoms with E-state index >= 15 is 0 Å². The number of rotatable bonds is 17. The first-order valence-corrected chi connectivity index (χ1v) is 22.3. The van der Waals surface area contributed by atoms with Gasteiger partial charge in [-0.15, -0.1) is 0 Å². The SMILES string of the molecule is CCCC(Nc1nc(NCCO)nc(NC(CCC)C2CC(C)(C)N(OC3CCCCC3O)C(C)(C)C2)n1)C1CC(C)(C)N(OC2CCCCC2O)C(C)(C)C1. The molecule has 56 heavy (non-hydrogen) atoms. The van der Waals surface area contributed by atoms with Crippen LogP contribution in [0.5, 0.6) is 0 Å². The summed E-state index contributed by atoms with van der Waals surface area (Å²) in [5, 5.41) is 46.4. The van der Waals surface area contributed by atoms with Gasteiger partial charge in [-0.25, -0.2) is 0 Å². The summed E-state index contributed by atoms with van der Waals surface area (Å²) >= 11 is 0. The lowest BCUT2D eigenvalue weighted by atomic mass is 9.71. The summed E-state index contributed by atoms with van der Waals surface area (Å²) in [5.41, 5.74) is -0.989. The normalized spacial score (nSPS) is 29.7. The van der Waals surface area contributed by atoms with Gasteiger partial charge in [0.2, 0.25) is 17.8 Å². The second-order valence-corrected chi connectivity index (χ2v) is 20.2. The van der Waals surface area contributed by atoms with E-state index in [0.29, 0.717) is 36.2 Å². The predicted octanol–water partition coefficient (Wildman–Crippen LogP) is 7.45. The third kappa shape index (κ3) is 11.2. The fourth-order valence-electron chi connectivity index (χ4n) is 11.0. The van der Waals surface area contributed by atoms with E-state index in [1.165, 1.54) is 0 Å². The number of aromatic nitrogens is 3. The van der Waals surface area contributed by atoms with Crippen molar-refractivity contribution in [3.63, 3.8) is 0 Å². The first-order valence-electron chi connectivity index (χ1n) is 22.3. The maximum atomic E-state index is 10.8. The molecule has 2 aliphatic carbocycles. The highest BCUT2D eigenvalue weighted by atomic mass is 16.7. The van der Waals surface area contributed by atoms with Gasteiger partial charge in [-0.2, -0.15) is 25.1 Å². The van der Waals surface area contributed by atoms with Crippen LogP contribution in [0.2, 0.25) is 0 Å². The second-order valence-electron chi connectivity index (χ2n) is 20.2. The Bertz CT molecular complexity index is 1250. The maximum Gasteiger partial charge on any atom is 0.229 e. The molecular weight excluding hydrogens is 709 g/mol. The number of aliphatic hydroxyl groups is 3. The molecule has 2 saturated heterocycles. The molecule has 5 rings (SSSR count). The number of hydrogen-bond donors (Lipinski definition) is 6. The summed E-state index contributed by atoms with van der Waals surface area (Å²) in [6.45, 7) is 22.9. The van der Waals surface area contributed by atoms with Crippen molar-refractivity contribution in [2.24, 2.45) is 11.8 Å². The van der Waals surface area contributed by atoms with Gasteiger partial charge in [0, 0.05) is 40.8 Å². The van der Waals surface area contributed by atoms with Crippen molar-refractivity contribution in [3.8, 4) is 0 Å². The van der Waals surface area contributed by atoms with Crippen LogP contribution in [0.3, 0.4) is 0 Å². The molecule has 0 bridgehead atoms. The molecule has 0 aromatic carbocycles. The van der Waals surface area contributed by atoms with E-state index in [4.69, 9.17) is 24.6 Å². The Kier molecular flexibility index (Phi) is 15.4. The molecule has 6 atom stereocenters. The minimum absolute atomic E-state index is 0.0283. The number of hydrogen-bond acceptors (Lipinski definition) is 13. The topological polar surface area (TPSA) is 160 Å². The van der Waals surface area contributed by atoms with E-state index in [-0.39, 0.29) is 53.1 Å². The highest BCUT2D eigenvalue weighted by Gasteiger charge is 2.51. The summed E-state index contributed by atoms with van der Waals surface area (Å²) in [4.78, 5) is 28.1. The molecule has 6 unspecified atom stereocenters. The van der Waals surface area contributed by atoms with Gasteiger partial charge in [0.25, 0.3) is 0 Å². The molecule has 13 nitrogen and oxygen atoms in total. The highest BCUT2D eigenvalue weighted by molar-refractivity contribution is 5.43. The fraction of sp³-hybridized carbons (Fsp3) is 0.930. The standard InChI is InChI=1S/C43H80N8O5/c1-11-17-31(29-25-40(3,4)50(41(5,6)26-29)55-35-21-15-13-19-33(35)53)45-38-47-37(44-23-24-52)48-39(49-38)46-32(18-12-2)30-27-42(7,8)51(43(9,10)28-30)56-36-22-16-14-20-34(36)54/h29-36,52-54H,11-28H2,1-10H3,(H3,44,45,46,47,48,49). The van der Waals surface area contributed by atoms with Crippen molar-refractivity contribution in [2.75, 3.05) is 29.1 Å². The lowest BCUT2D eigenvalue weighted by Gasteiger charge is -2.56. The van der Waals surface area contributed by atoms with Gasteiger partial charge in [0.15, 0.2) is 0 Å². The lowest BCUT2D eigenvalue weighted by molar-refractivity contribution is -0.326. The molecule has 0 radical (unpaired) electrons. The molecule has 4 aliphatic rings. The Labute approximate surface area is 338 Å². The minimum Gasteiger partial charge on any atom is -0.395 e. The van der Waals surface area contributed by atoms with E-state index in [2.05, 4.69) is 95.3 Å². The predicted molar refractivity (Wildman–Crippen MR) is 224 cm³/mol. The lowest BCUT2D eigenvalue weighted by Crippen LogP contribution is -2.63. The van der Waals surface area contributed by atoms with Crippen LogP contribution in [-0.4, -0.2) is 112 Å². The Morgan fingerprint density at radius 2 is 0.964 bits per heavy atom. The van der Waals surface area contributed by atoms with E-state index < -0.39 is 12.2 Å². The number of piperidine rings is 2. The van der Waals surface area contributed by atoms with E-state index in [0.717, 1.165) is 103 Å². The van der Waals surface area contributed by atoms with Crippen LogP contribution in [0, 0.1) is 11.8 Å². The highest BCUT2D eigenvalue weighted by Crippen LogP contribution is 2.47. The first-order chi connectivity index (χ1) is 26.4. The molecule has 322 valence electrons. The minimum atomic E-state index is -0.416. The third-order valence-electron chi connectivity index (χ3n) is 13.1. The Morgan fingerprint density at radius 3 is 1.30 bits per heavy atom. The maximum absolute atomic E-state index is 10.8. The first kappa shape index (κ1) is 45.2. The summed E-state index contributed by atoms with van der Waals surface area (Å²) in [5.74, 6) is 2.17. The molecule has 4 fully saturated rings. The van der Waals surface area contributed by atoms with Crippen molar-refractivity contribution >= 4 is 17.8 Å². The number of hydroxylamine groups is 4. The molecule has 1 aromatic rings. The summed E-state index contributed by atoms with van der Waals surface area (Å²) in [6.07, 6.45) is 14.2. The van der Waals surface area contributed by atoms with Crippen molar-refractivity contribution in [2.45, 2.75) is 231 Å². The monoisotopic (exact) mass is 789 g/mol. The van der Waals surface area contributed by atoms with Gasteiger partial charge in [-0.05, 0) is 131 Å². The molecule has 3 heterocycles. The van der Waals surface area contributed by atoms with Gasteiger partial charge in [-0.1, -0.05) is 52.4 Å². The largest absolute Gasteiger partial charge is 0.395 e. The zero-order valence-electron chi connectivity index (χ0n) is 36.7. The number of nitrogens with one attached hydrogen (secondary N) is 3. The van der Waals surface area contributed by atoms with Crippen LogP contribution in [0.25, 0.3) is 0 Å². The van der Waals surface area contributed by atoms with Crippen LogP contribution < -0.4 is 16.0 Å². The fourth-order valence-corrected chi connectivity index (χ4v) is 11.0. The molecule has 2 aliphatic heterocycles. The van der Waals surface area contributed by atoms with Gasteiger partial charge in [0.05, 0.1) is 18.8 Å². The zero-order chi connectivity index (χ0) is 40.9. The smallest absolute Gasteiger partial charge is 0.229 e. The quantitative estimate of drug-likeness (QED) is 0.0925. The molecular formula is C43H80N8O5. The van der Waals surface area contributed by atoms with Gasteiger partial charge >= 0.3 is 0 Å². The number of anilines is 3. The Morgan fingerprint density at radius 1 is 0.607 bits per heavy atom. The van der Waals surface area contributed by atoms with E-state index in [1.807, 2.05) is 0 Å². The average Bonchev–Trinajstić information content (AvgIpc) is 3.10. The average molecular weight is 789 g/mol. The van der Waals surface area contributed by atoms with Gasteiger partial charge < -0.3 is 31.3 Å². The van der Waals surface area contributed by atoms with Crippen LogP contribution in [0.15, 0.2) is 0 Å². The zero-order valence-corrected chi connectivity index (χ0v) is 36.7. The van der Waals surface area contributed by atoms with E-state index in [1.54, 1.807) is 0 Å². The van der Waals surface area contributed by atoms with Crippen LogP contribution >= 0.6 is 0 Å². The Hall–Kier alpha value is -1.87. The van der Waals surface area contributed by atoms with Crippen molar-refractivity contribution in [1.29, 1.82) is 0 Å². The van der Waals surface area contributed by atoms with Crippen molar-refractivity contribution in [3.05, 3.63) is 0 Å². The molecule has 0 amide bonds. The van der Waals surface area contributed by atoms with Gasteiger partial charge in [0.1, 0.15) is 12.2 Å². The molecule has 13 heteroatoms. The van der Waals surface area contributed by atoms with Gasteiger partial charge in [-0.3, -0.25) is 9.68 Å².